The molecule has 0 spiro atoms. The summed E-state index contributed by atoms with van der Waals surface area (Å²) in [5.41, 5.74) is 0. The molecule has 0 saturated heterocycles. The number of carbonyl (C=O) groups is 1. The molecule has 1 N–H and O–H groups in total. The minimum Gasteiger partial charge on any atom is -0.410 e. The van der Waals surface area contributed by atoms with Gasteiger partial charge in [0.2, 0.25) is 5.91 Å². The molecule has 1 aliphatic rings. The predicted octanol–water partition coefficient (Wildman–Crippen LogP) is 3.83. The van der Waals surface area contributed by atoms with Crippen molar-refractivity contribution in [2.75, 3.05) is 5.75 Å². The molecule has 23 heavy (non-hydrogen) atoms. The molecule has 0 aliphatic heterocycles. The first-order chi connectivity index (χ1) is 11.1. The van der Waals surface area contributed by atoms with E-state index >= 15 is 0 Å². The number of thioether (sulfide) groups is 1. The summed E-state index contributed by atoms with van der Waals surface area (Å²) in [6.45, 7) is 4.50. The van der Waals surface area contributed by atoms with Crippen molar-refractivity contribution in [1.29, 1.82) is 0 Å². The van der Waals surface area contributed by atoms with Gasteiger partial charge in [-0.3, -0.25) is 4.79 Å². The normalized spacial score (nSPS) is 24.5. The topological polar surface area (TPSA) is 68.0 Å². The first-order valence-electron chi connectivity index (χ1n) is 7.93. The van der Waals surface area contributed by atoms with Crippen molar-refractivity contribution in [3.63, 3.8) is 0 Å². The maximum atomic E-state index is 12.2. The van der Waals surface area contributed by atoms with E-state index in [4.69, 9.17) is 4.42 Å². The van der Waals surface area contributed by atoms with Crippen LogP contribution in [-0.2, 0) is 4.79 Å². The van der Waals surface area contributed by atoms with E-state index in [0.29, 0.717) is 28.7 Å². The molecule has 0 radical (unpaired) electrons. The fourth-order valence-corrected chi connectivity index (χ4v) is 4.15. The Kier molecular flexibility index (Phi) is 5.38. The SMILES string of the molecule is C[C@@H]1[C@H](C)CCC[C@@H]1NC(=O)CSc1nnc(-c2cccs2)o1. The van der Waals surface area contributed by atoms with Gasteiger partial charge in [0.25, 0.3) is 11.1 Å². The lowest BCUT2D eigenvalue weighted by atomic mass is 9.78. The zero-order valence-electron chi connectivity index (χ0n) is 13.3. The number of carbonyl (C=O) groups excluding carboxylic acids is 1. The highest BCUT2D eigenvalue weighted by atomic mass is 32.2. The van der Waals surface area contributed by atoms with Gasteiger partial charge >= 0.3 is 0 Å². The second-order valence-electron chi connectivity index (χ2n) is 6.08. The van der Waals surface area contributed by atoms with Crippen LogP contribution in [0.1, 0.15) is 33.1 Å². The summed E-state index contributed by atoms with van der Waals surface area (Å²) in [5, 5.41) is 13.6. The van der Waals surface area contributed by atoms with Crippen molar-refractivity contribution in [3.05, 3.63) is 17.5 Å². The molecule has 124 valence electrons. The molecule has 3 rings (SSSR count). The van der Waals surface area contributed by atoms with E-state index in [1.807, 2.05) is 17.5 Å². The average molecular weight is 351 g/mol. The number of hydrogen-bond acceptors (Lipinski definition) is 6. The van der Waals surface area contributed by atoms with Crippen LogP contribution >= 0.6 is 23.1 Å². The van der Waals surface area contributed by atoms with E-state index in [9.17, 15) is 4.79 Å². The van der Waals surface area contributed by atoms with Gasteiger partial charge < -0.3 is 9.73 Å². The van der Waals surface area contributed by atoms with Gasteiger partial charge in [0.1, 0.15) is 0 Å². The summed E-state index contributed by atoms with van der Waals surface area (Å²) < 4.78 is 5.58. The third-order valence-corrected chi connectivity index (χ3v) is 6.19. The molecule has 1 saturated carbocycles. The number of nitrogens with one attached hydrogen (secondary N) is 1. The Labute approximate surface area is 144 Å². The molecule has 2 aromatic heterocycles. The Bertz CT molecular complexity index is 642. The van der Waals surface area contributed by atoms with Crippen LogP contribution in [-0.4, -0.2) is 27.9 Å². The van der Waals surface area contributed by atoms with Gasteiger partial charge in [-0.2, -0.15) is 0 Å². The monoisotopic (exact) mass is 351 g/mol. The summed E-state index contributed by atoms with van der Waals surface area (Å²) in [7, 11) is 0. The van der Waals surface area contributed by atoms with E-state index in [-0.39, 0.29) is 11.9 Å². The molecular formula is C16H21N3O2S2. The Morgan fingerprint density at radius 3 is 3.09 bits per heavy atom. The standard InChI is InChI=1S/C16H21N3O2S2/c1-10-5-3-6-12(11(10)2)17-14(20)9-23-16-19-18-15(21-16)13-7-4-8-22-13/h4,7-8,10-12H,3,5-6,9H2,1-2H3,(H,17,20)/t10-,11-,12+/m1/s1. The Morgan fingerprint density at radius 1 is 1.43 bits per heavy atom. The van der Waals surface area contributed by atoms with E-state index in [2.05, 4.69) is 29.4 Å². The molecule has 2 heterocycles. The molecule has 0 bridgehead atoms. The van der Waals surface area contributed by atoms with Gasteiger partial charge in [-0.05, 0) is 29.7 Å². The molecule has 1 fully saturated rings. The van der Waals surface area contributed by atoms with E-state index in [1.54, 1.807) is 11.3 Å². The molecule has 2 aromatic rings. The van der Waals surface area contributed by atoms with Crippen molar-refractivity contribution in [2.24, 2.45) is 11.8 Å². The average Bonchev–Trinajstić information content (AvgIpc) is 3.20. The van der Waals surface area contributed by atoms with Crippen molar-refractivity contribution in [3.8, 4) is 10.8 Å². The van der Waals surface area contributed by atoms with Crippen LogP contribution in [0.3, 0.4) is 0 Å². The van der Waals surface area contributed by atoms with Gasteiger partial charge in [0.15, 0.2) is 0 Å². The molecule has 1 amide bonds. The van der Waals surface area contributed by atoms with Crippen LogP contribution in [0, 0.1) is 11.8 Å². The second-order valence-corrected chi connectivity index (χ2v) is 7.95. The number of nitrogens with zero attached hydrogens (tertiary/aromatic N) is 2. The fraction of sp³-hybridized carbons (Fsp3) is 0.562. The van der Waals surface area contributed by atoms with Crippen LogP contribution < -0.4 is 5.32 Å². The smallest absolute Gasteiger partial charge is 0.277 e. The minimum atomic E-state index is 0.0387. The minimum absolute atomic E-state index is 0.0387. The fourth-order valence-electron chi connectivity index (χ4n) is 2.93. The maximum absolute atomic E-state index is 12.2. The summed E-state index contributed by atoms with van der Waals surface area (Å²) in [5.74, 6) is 2.07. The van der Waals surface area contributed by atoms with E-state index in [0.717, 1.165) is 11.3 Å². The number of thiophene rings is 1. The summed E-state index contributed by atoms with van der Waals surface area (Å²) >= 11 is 2.84. The van der Waals surface area contributed by atoms with Crippen LogP contribution in [0.15, 0.2) is 27.2 Å². The molecule has 0 aromatic carbocycles. The summed E-state index contributed by atoms with van der Waals surface area (Å²) in [4.78, 5) is 13.1. The third-order valence-electron chi connectivity index (χ3n) is 4.52. The molecule has 5 nitrogen and oxygen atoms in total. The van der Waals surface area contributed by atoms with Gasteiger partial charge in [-0.25, -0.2) is 0 Å². The second kappa shape index (κ2) is 7.49. The highest BCUT2D eigenvalue weighted by Gasteiger charge is 2.28. The summed E-state index contributed by atoms with van der Waals surface area (Å²) in [6.07, 6.45) is 3.53. The maximum Gasteiger partial charge on any atom is 0.277 e. The Hall–Kier alpha value is -1.34. The highest BCUT2D eigenvalue weighted by Crippen LogP contribution is 2.30. The van der Waals surface area contributed by atoms with Crippen LogP contribution in [0.25, 0.3) is 10.8 Å². The third kappa shape index (κ3) is 4.14. The predicted molar refractivity (Wildman–Crippen MR) is 92.4 cm³/mol. The van der Waals surface area contributed by atoms with Crippen molar-refractivity contribution in [2.45, 2.75) is 44.4 Å². The van der Waals surface area contributed by atoms with Crippen molar-refractivity contribution in [1.82, 2.24) is 15.5 Å². The van der Waals surface area contributed by atoms with E-state index in [1.165, 1.54) is 24.6 Å². The number of amides is 1. The van der Waals surface area contributed by atoms with Gasteiger partial charge in [-0.15, -0.1) is 21.5 Å². The molecule has 3 atom stereocenters. The lowest BCUT2D eigenvalue weighted by molar-refractivity contribution is -0.120. The molecular weight excluding hydrogens is 330 g/mol. The number of rotatable bonds is 5. The number of aromatic nitrogens is 2. The first-order valence-corrected chi connectivity index (χ1v) is 9.79. The summed E-state index contributed by atoms with van der Waals surface area (Å²) in [6, 6.07) is 4.16. The lowest BCUT2D eigenvalue weighted by Crippen LogP contribution is -2.44. The van der Waals surface area contributed by atoms with E-state index < -0.39 is 0 Å². The van der Waals surface area contributed by atoms with Crippen LogP contribution in [0.5, 0.6) is 0 Å². The number of hydrogen-bond donors (Lipinski definition) is 1. The van der Waals surface area contributed by atoms with Crippen molar-refractivity contribution >= 4 is 29.0 Å². The van der Waals surface area contributed by atoms with Gasteiger partial charge in [-0.1, -0.05) is 44.5 Å². The zero-order chi connectivity index (χ0) is 16.2. The first kappa shape index (κ1) is 16.5. The molecule has 0 unspecified atom stereocenters. The zero-order valence-corrected chi connectivity index (χ0v) is 15.0. The van der Waals surface area contributed by atoms with Gasteiger partial charge in [0, 0.05) is 6.04 Å². The van der Waals surface area contributed by atoms with Crippen molar-refractivity contribution < 1.29 is 9.21 Å². The lowest BCUT2D eigenvalue weighted by Gasteiger charge is -2.34. The quantitative estimate of drug-likeness (QED) is 0.829. The highest BCUT2D eigenvalue weighted by molar-refractivity contribution is 7.99. The Morgan fingerprint density at radius 2 is 2.30 bits per heavy atom. The van der Waals surface area contributed by atoms with Crippen LogP contribution in [0.2, 0.25) is 0 Å². The van der Waals surface area contributed by atoms with Crippen LogP contribution in [0.4, 0.5) is 0 Å². The largest absolute Gasteiger partial charge is 0.410 e. The van der Waals surface area contributed by atoms with Gasteiger partial charge in [0.05, 0.1) is 10.6 Å². The molecule has 1 aliphatic carbocycles. The Balaban J connectivity index is 1.49. The molecule has 7 heteroatoms.